The van der Waals surface area contributed by atoms with E-state index in [0.717, 1.165) is 18.3 Å². The molecule has 0 aromatic rings. The summed E-state index contributed by atoms with van der Waals surface area (Å²) in [4.78, 5) is 0. The molecule has 0 bridgehead atoms. The molecular formula is C24H36. The average molecular weight is 325 g/mol. The van der Waals surface area contributed by atoms with Crippen molar-refractivity contribution in [3.63, 3.8) is 0 Å². The van der Waals surface area contributed by atoms with E-state index < -0.39 is 0 Å². The molecule has 0 aromatic carbocycles. The maximum atomic E-state index is 3.84. The fraction of sp³-hybridized carbons (Fsp3) is 0.500. The summed E-state index contributed by atoms with van der Waals surface area (Å²) in [5.41, 5.74) is 2.56. The minimum Gasteiger partial charge on any atom is -0.0991 e. The Morgan fingerprint density at radius 1 is 0.917 bits per heavy atom. The van der Waals surface area contributed by atoms with Gasteiger partial charge in [-0.1, -0.05) is 99.9 Å². The van der Waals surface area contributed by atoms with Crippen molar-refractivity contribution in [2.45, 2.75) is 65.2 Å². The molecule has 24 heavy (non-hydrogen) atoms. The first-order chi connectivity index (χ1) is 11.7. The molecule has 1 rings (SSSR count). The maximum Gasteiger partial charge on any atom is -0.00943 e. The molecule has 0 aromatic heterocycles. The van der Waals surface area contributed by atoms with E-state index in [4.69, 9.17) is 0 Å². The zero-order valence-corrected chi connectivity index (χ0v) is 15.8. The molecule has 0 amide bonds. The van der Waals surface area contributed by atoms with E-state index in [9.17, 15) is 0 Å². The summed E-state index contributed by atoms with van der Waals surface area (Å²) >= 11 is 0. The fourth-order valence-corrected chi connectivity index (χ4v) is 3.54. The lowest BCUT2D eigenvalue weighted by atomic mass is 9.79. The SMILES string of the molecule is C=C/C=C(C)\C=C/CC(/C=C\CC1CCC(CCC)CC1)=C/C=C. The summed E-state index contributed by atoms with van der Waals surface area (Å²) in [6.07, 6.45) is 27.6. The van der Waals surface area contributed by atoms with Crippen molar-refractivity contribution in [3.8, 4) is 0 Å². The molecule has 0 heterocycles. The van der Waals surface area contributed by atoms with Gasteiger partial charge in [-0.3, -0.25) is 0 Å². The largest absolute Gasteiger partial charge is 0.0991 e. The summed E-state index contributed by atoms with van der Waals surface area (Å²) in [7, 11) is 0. The van der Waals surface area contributed by atoms with E-state index in [2.05, 4.69) is 57.4 Å². The molecule has 0 atom stereocenters. The van der Waals surface area contributed by atoms with Gasteiger partial charge in [0.15, 0.2) is 0 Å². The summed E-state index contributed by atoms with van der Waals surface area (Å²) in [5.74, 6) is 1.90. The Balaban J connectivity index is 2.41. The van der Waals surface area contributed by atoms with Crippen molar-refractivity contribution in [3.05, 3.63) is 72.9 Å². The van der Waals surface area contributed by atoms with Crippen molar-refractivity contribution in [1.29, 1.82) is 0 Å². The fourth-order valence-electron chi connectivity index (χ4n) is 3.54. The van der Waals surface area contributed by atoms with Crippen molar-refractivity contribution in [2.24, 2.45) is 11.8 Å². The Morgan fingerprint density at radius 2 is 1.58 bits per heavy atom. The van der Waals surface area contributed by atoms with Gasteiger partial charge >= 0.3 is 0 Å². The third kappa shape index (κ3) is 8.91. The number of allylic oxidation sites excluding steroid dienone is 10. The molecule has 0 N–H and O–H groups in total. The van der Waals surface area contributed by atoms with Gasteiger partial charge in [0.25, 0.3) is 0 Å². The van der Waals surface area contributed by atoms with Crippen LogP contribution in [0.3, 0.4) is 0 Å². The quantitative estimate of drug-likeness (QED) is 0.361. The van der Waals surface area contributed by atoms with Crippen LogP contribution in [-0.4, -0.2) is 0 Å². The van der Waals surface area contributed by atoms with Crippen LogP contribution in [0.25, 0.3) is 0 Å². The van der Waals surface area contributed by atoms with Crippen LogP contribution in [0, 0.1) is 11.8 Å². The standard InChI is InChI=1S/C24H36/c1-5-10-21(4)13-8-14-22(11-6-2)15-9-16-24-19-17-23(12-7-3)18-20-24/h5-6,8-11,13,15,23-24H,1-2,7,12,14,16-20H2,3-4H3/b13-8-,15-9-,21-10-,22-11-. The van der Waals surface area contributed by atoms with Crippen LogP contribution >= 0.6 is 0 Å². The Bertz CT molecular complexity index is 476. The van der Waals surface area contributed by atoms with Gasteiger partial charge in [-0.25, -0.2) is 0 Å². The van der Waals surface area contributed by atoms with Crippen LogP contribution in [0.2, 0.25) is 0 Å². The Labute approximate surface area is 150 Å². The van der Waals surface area contributed by atoms with Crippen LogP contribution in [0.4, 0.5) is 0 Å². The third-order valence-corrected chi connectivity index (χ3v) is 4.91. The van der Waals surface area contributed by atoms with E-state index in [0.29, 0.717) is 0 Å². The molecule has 0 radical (unpaired) electrons. The predicted octanol–water partition coefficient (Wildman–Crippen LogP) is 7.73. The highest BCUT2D eigenvalue weighted by atomic mass is 14.2. The second-order valence-electron chi connectivity index (χ2n) is 7.04. The first-order valence-corrected chi connectivity index (χ1v) is 9.63. The molecule has 1 aliphatic rings. The molecule has 0 spiro atoms. The molecule has 132 valence electrons. The van der Waals surface area contributed by atoms with Gasteiger partial charge in [0.2, 0.25) is 0 Å². The molecule has 1 fully saturated rings. The number of hydrogen-bond donors (Lipinski definition) is 0. The lowest BCUT2D eigenvalue weighted by molar-refractivity contribution is 0.263. The molecule has 0 saturated heterocycles. The molecule has 1 saturated carbocycles. The molecule has 0 aliphatic heterocycles. The summed E-state index contributed by atoms with van der Waals surface area (Å²) < 4.78 is 0. The smallest absolute Gasteiger partial charge is 0.00943 e. The second kappa shape index (κ2) is 12.8. The van der Waals surface area contributed by atoms with E-state index in [-0.39, 0.29) is 0 Å². The first kappa shape index (κ1) is 20.5. The summed E-state index contributed by atoms with van der Waals surface area (Å²) in [5, 5.41) is 0. The number of rotatable bonds is 10. The Kier molecular flexibility index (Phi) is 10.9. The van der Waals surface area contributed by atoms with Crippen LogP contribution in [-0.2, 0) is 0 Å². The number of hydrogen-bond acceptors (Lipinski definition) is 0. The minimum absolute atomic E-state index is 0.896. The van der Waals surface area contributed by atoms with E-state index >= 15 is 0 Å². The van der Waals surface area contributed by atoms with Gasteiger partial charge in [0.05, 0.1) is 0 Å². The average Bonchev–Trinajstić information content (AvgIpc) is 2.57. The zero-order valence-electron chi connectivity index (χ0n) is 15.8. The molecular weight excluding hydrogens is 288 g/mol. The molecule has 0 heteroatoms. The lowest BCUT2D eigenvalue weighted by Gasteiger charge is -2.27. The highest BCUT2D eigenvalue weighted by molar-refractivity contribution is 5.28. The second-order valence-corrected chi connectivity index (χ2v) is 7.04. The zero-order chi connectivity index (χ0) is 17.6. The summed E-state index contributed by atoms with van der Waals surface area (Å²) in [6.45, 7) is 12.0. The van der Waals surface area contributed by atoms with Crippen LogP contribution in [0.1, 0.15) is 65.2 Å². The molecule has 0 nitrogen and oxygen atoms in total. The van der Waals surface area contributed by atoms with E-state index in [1.54, 1.807) is 0 Å². The highest BCUT2D eigenvalue weighted by Gasteiger charge is 2.19. The van der Waals surface area contributed by atoms with Crippen LogP contribution in [0.5, 0.6) is 0 Å². The van der Waals surface area contributed by atoms with Gasteiger partial charge < -0.3 is 0 Å². The highest BCUT2D eigenvalue weighted by Crippen LogP contribution is 2.33. The molecule has 0 unspecified atom stereocenters. The van der Waals surface area contributed by atoms with E-state index in [1.807, 2.05) is 18.2 Å². The van der Waals surface area contributed by atoms with Crippen molar-refractivity contribution in [1.82, 2.24) is 0 Å². The summed E-state index contributed by atoms with van der Waals surface area (Å²) in [6, 6.07) is 0. The Hall–Kier alpha value is -1.56. The van der Waals surface area contributed by atoms with Gasteiger partial charge in [-0.15, -0.1) is 0 Å². The third-order valence-electron chi connectivity index (χ3n) is 4.91. The van der Waals surface area contributed by atoms with Gasteiger partial charge in [0, 0.05) is 0 Å². The molecule has 1 aliphatic carbocycles. The van der Waals surface area contributed by atoms with Crippen molar-refractivity contribution in [2.75, 3.05) is 0 Å². The lowest BCUT2D eigenvalue weighted by Crippen LogP contribution is -2.13. The van der Waals surface area contributed by atoms with Crippen LogP contribution < -0.4 is 0 Å². The minimum atomic E-state index is 0.896. The maximum absolute atomic E-state index is 3.84. The Morgan fingerprint density at radius 3 is 2.21 bits per heavy atom. The van der Waals surface area contributed by atoms with Crippen molar-refractivity contribution >= 4 is 0 Å². The first-order valence-electron chi connectivity index (χ1n) is 9.63. The van der Waals surface area contributed by atoms with Gasteiger partial charge in [-0.05, 0) is 50.0 Å². The predicted molar refractivity (Wildman–Crippen MR) is 110 cm³/mol. The monoisotopic (exact) mass is 324 g/mol. The van der Waals surface area contributed by atoms with E-state index in [1.165, 1.54) is 56.1 Å². The van der Waals surface area contributed by atoms with Gasteiger partial charge in [0.1, 0.15) is 0 Å². The normalized spacial score (nSPS) is 23.1. The van der Waals surface area contributed by atoms with Gasteiger partial charge in [-0.2, -0.15) is 0 Å². The van der Waals surface area contributed by atoms with Crippen molar-refractivity contribution < 1.29 is 0 Å². The van der Waals surface area contributed by atoms with Crippen LogP contribution in [0.15, 0.2) is 72.9 Å². The topological polar surface area (TPSA) is 0 Å².